The Morgan fingerprint density at radius 1 is 1.35 bits per heavy atom. The summed E-state index contributed by atoms with van der Waals surface area (Å²) in [5, 5.41) is 13.9. The Morgan fingerprint density at radius 3 is 2.62 bits per heavy atom. The van der Waals surface area contributed by atoms with Gasteiger partial charge in [-0.05, 0) is 61.8 Å². The molecular formula is C19H23BrN2O4. The van der Waals surface area contributed by atoms with E-state index in [0.717, 1.165) is 31.1 Å². The van der Waals surface area contributed by atoms with Crippen LogP contribution in [0.2, 0.25) is 0 Å². The molecule has 4 aliphatic rings. The predicted molar refractivity (Wildman–Crippen MR) is 102 cm³/mol. The average Bonchev–Trinajstić information content (AvgIpc) is 2.51. The van der Waals surface area contributed by atoms with Crippen LogP contribution in [0, 0.1) is 27.4 Å². The second kappa shape index (κ2) is 6.22. The molecule has 1 aromatic rings. The van der Waals surface area contributed by atoms with E-state index in [0.29, 0.717) is 17.9 Å². The number of amides is 1. The summed E-state index contributed by atoms with van der Waals surface area (Å²) >= 11 is 3.97. The first-order valence-electron chi connectivity index (χ1n) is 9.11. The molecule has 6 nitrogen and oxygen atoms in total. The minimum Gasteiger partial charge on any atom is -0.495 e. The Kier molecular flexibility index (Phi) is 4.25. The van der Waals surface area contributed by atoms with Crippen LogP contribution in [0.1, 0.15) is 44.9 Å². The van der Waals surface area contributed by atoms with Gasteiger partial charge >= 0.3 is 0 Å². The molecule has 2 atom stereocenters. The first-order chi connectivity index (χ1) is 12.3. The first-order valence-corrected chi connectivity index (χ1v) is 9.90. The summed E-state index contributed by atoms with van der Waals surface area (Å²) in [4.78, 5) is 23.3. The number of benzene rings is 1. The third-order valence-electron chi connectivity index (χ3n) is 6.31. The zero-order valence-electron chi connectivity index (χ0n) is 14.8. The number of carbonyl (C=O) groups excluding carboxylic acids is 1. The van der Waals surface area contributed by atoms with Crippen molar-refractivity contribution in [3.63, 3.8) is 0 Å². The third-order valence-corrected chi connectivity index (χ3v) is 7.24. The highest BCUT2D eigenvalue weighted by Gasteiger charge is 2.57. The summed E-state index contributed by atoms with van der Waals surface area (Å²) in [6.45, 7) is 0. The van der Waals surface area contributed by atoms with E-state index >= 15 is 0 Å². The molecule has 0 radical (unpaired) electrons. The number of rotatable bonds is 5. The normalized spacial score (nSPS) is 34.5. The highest BCUT2D eigenvalue weighted by molar-refractivity contribution is 9.10. The highest BCUT2D eigenvalue weighted by atomic mass is 79.9. The first kappa shape index (κ1) is 17.8. The molecule has 26 heavy (non-hydrogen) atoms. The van der Waals surface area contributed by atoms with Gasteiger partial charge in [0.05, 0.1) is 17.7 Å². The quantitative estimate of drug-likeness (QED) is 0.424. The lowest BCUT2D eigenvalue weighted by atomic mass is 9.48. The Morgan fingerprint density at radius 2 is 2.04 bits per heavy atom. The molecule has 2 unspecified atom stereocenters. The van der Waals surface area contributed by atoms with Crippen molar-refractivity contribution in [2.75, 3.05) is 12.4 Å². The largest absolute Gasteiger partial charge is 0.495 e. The summed E-state index contributed by atoms with van der Waals surface area (Å²) in [6.07, 6.45) is 7.52. The van der Waals surface area contributed by atoms with Crippen molar-refractivity contribution in [3.8, 4) is 5.75 Å². The van der Waals surface area contributed by atoms with Crippen molar-refractivity contribution < 1.29 is 14.5 Å². The van der Waals surface area contributed by atoms with E-state index in [9.17, 15) is 14.9 Å². The smallest absolute Gasteiger partial charge is 0.271 e. The number of hydrogen-bond donors (Lipinski definition) is 1. The van der Waals surface area contributed by atoms with Crippen LogP contribution in [-0.4, -0.2) is 22.3 Å². The lowest BCUT2D eigenvalue weighted by Gasteiger charge is -2.60. The fraction of sp³-hybridized carbons (Fsp3) is 0.632. The zero-order chi connectivity index (χ0) is 18.5. The van der Waals surface area contributed by atoms with Gasteiger partial charge in [0, 0.05) is 22.9 Å². The summed E-state index contributed by atoms with van der Waals surface area (Å²) in [7, 11) is 1.49. The maximum Gasteiger partial charge on any atom is 0.271 e. The monoisotopic (exact) mass is 422 g/mol. The Labute approximate surface area is 161 Å². The van der Waals surface area contributed by atoms with Gasteiger partial charge in [-0.3, -0.25) is 14.9 Å². The molecule has 4 aliphatic carbocycles. The second-order valence-corrected chi connectivity index (χ2v) is 10.2. The molecule has 0 aromatic heterocycles. The minimum atomic E-state index is -0.469. The van der Waals surface area contributed by atoms with Gasteiger partial charge in [-0.2, -0.15) is 0 Å². The maximum atomic E-state index is 12.8. The van der Waals surface area contributed by atoms with Gasteiger partial charge in [0.15, 0.2) is 0 Å². The number of ether oxygens (including phenoxy) is 1. The molecule has 4 fully saturated rings. The maximum absolute atomic E-state index is 12.8. The number of carbonyl (C=O) groups is 1. The van der Waals surface area contributed by atoms with Gasteiger partial charge in [-0.1, -0.05) is 15.9 Å². The molecule has 7 heteroatoms. The number of methoxy groups -OCH3 is 1. The van der Waals surface area contributed by atoms with Crippen LogP contribution in [0.4, 0.5) is 11.4 Å². The van der Waals surface area contributed by atoms with Crippen molar-refractivity contribution in [2.24, 2.45) is 17.3 Å². The van der Waals surface area contributed by atoms with Crippen molar-refractivity contribution >= 4 is 33.2 Å². The van der Waals surface area contributed by atoms with Gasteiger partial charge in [0.2, 0.25) is 5.91 Å². The van der Waals surface area contributed by atoms with Crippen LogP contribution < -0.4 is 10.1 Å². The van der Waals surface area contributed by atoms with E-state index < -0.39 is 4.92 Å². The molecule has 1 aromatic carbocycles. The number of nitrogens with zero attached hydrogens (tertiary/aromatic N) is 1. The highest BCUT2D eigenvalue weighted by Crippen LogP contribution is 2.65. The molecular weight excluding hydrogens is 400 g/mol. The van der Waals surface area contributed by atoms with E-state index in [-0.39, 0.29) is 21.3 Å². The molecule has 1 N–H and O–H groups in total. The Balaban J connectivity index is 1.51. The van der Waals surface area contributed by atoms with Crippen LogP contribution in [0.5, 0.6) is 5.75 Å². The van der Waals surface area contributed by atoms with Crippen molar-refractivity contribution in [1.29, 1.82) is 0 Å². The number of anilines is 1. The third kappa shape index (κ3) is 3.21. The van der Waals surface area contributed by atoms with E-state index in [1.165, 1.54) is 44.6 Å². The molecule has 0 heterocycles. The fourth-order valence-corrected chi connectivity index (χ4v) is 7.50. The van der Waals surface area contributed by atoms with Crippen molar-refractivity contribution in [3.05, 3.63) is 28.3 Å². The van der Waals surface area contributed by atoms with Crippen LogP contribution in [-0.2, 0) is 4.79 Å². The summed E-state index contributed by atoms with van der Waals surface area (Å²) in [6, 6.07) is 4.26. The molecule has 0 spiro atoms. The lowest BCUT2D eigenvalue weighted by molar-refractivity contribution is -0.384. The minimum absolute atomic E-state index is 0.0599. The molecule has 5 rings (SSSR count). The van der Waals surface area contributed by atoms with Crippen LogP contribution in [0.3, 0.4) is 0 Å². The summed E-state index contributed by atoms with van der Waals surface area (Å²) in [5.41, 5.74) is 0.367. The van der Waals surface area contributed by atoms with Crippen LogP contribution in [0.25, 0.3) is 0 Å². The van der Waals surface area contributed by atoms with Gasteiger partial charge < -0.3 is 10.1 Å². The van der Waals surface area contributed by atoms with Crippen molar-refractivity contribution in [1.82, 2.24) is 0 Å². The molecule has 4 saturated carbocycles. The molecule has 0 saturated heterocycles. The fourth-order valence-electron chi connectivity index (χ4n) is 5.98. The SMILES string of the molecule is COc1ccc([N+](=O)[O-])cc1NC(=O)CC12CC3CC(CC(Br)(C3)C1)C2. The van der Waals surface area contributed by atoms with E-state index in [1.54, 1.807) is 0 Å². The van der Waals surface area contributed by atoms with E-state index in [2.05, 4.69) is 21.2 Å². The van der Waals surface area contributed by atoms with Crippen LogP contribution in [0.15, 0.2) is 18.2 Å². The van der Waals surface area contributed by atoms with Gasteiger partial charge in [-0.15, -0.1) is 0 Å². The number of nitrogens with one attached hydrogen (secondary N) is 1. The number of hydrogen-bond acceptors (Lipinski definition) is 4. The van der Waals surface area contributed by atoms with Crippen LogP contribution >= 0.6 is 15.9 Å². The zero-order valence-corrected chi connectivity index (χ0v) is 16.4. The Bertz CT molecular complexity index is 752. The number of non-ortho nitro benzene ring substituents is 1. The molecule has 0 aliphatic heterocycles. The van der Waals surface area contributed by atoms with E-state index in [4.69, 9.17) is 4.74 Å². The summed E-state index contributed by atoms with van der Waals surface area (Å²) < 4.78 is 5.45. The predicted octanol–water partition coefficient (Wildman–Crippen LogP) is 4.67. The van der Waals surface area contributed by atoms with Gasteiger partial charge in [0.1, 0.15) is 5.75 Å². The lowest BCUT2D eigenvalue weighted by Crippen LogP contribution is -2.53. The van der Waals surface area contributed by atoms with E-state index in [1.807, 2.05) is 0 Å². The number of nitro groups is 1. The van der Waals surface area contributed by atoms with Crippen molar-refractivity contribution in [2.45, 2.75) is 49.3 Å². The summed E-state index contributed by atoms with van der Waals surface area (Å²) in [5.74, 6) is 1.79. The molecule has 4 bridgehead atoms. The van der Waals surface area contributed by atoms with Gasteiger partial charge in [-0.25, -0.2) is 0 Å². The molecule has 140 valence electrons. The number of halogens is 1. The number of nitro benzene ring substituents is 1. The Hall–Kier alpha value is -1.63. The standard InChI is InChI=1S/C19H23BrN2O4/c1-26-16-3-2-14(22(24)25)5-15(16)21-17(23)10-18-6-12-4-13(7-18)9-19(20,8-12)11-18/h2-3,5,12-13H,4,6-11H2,1H3,(H,21,23). The van der Waals surface area contributed by atoms with Gasteiger partial charge in [0.25, 0.3) is 5.69 Å². The molecule has 1 amide bonds. The second-order valence-electron chi connectivity index (χ2n) is 8.48. The average molecular weight is 423 g/mol. The topological polar surface area (TPSA) is 81.5 Å². The number of alkyl halides is 1.